The topological polar surface area (TPSA) is 79.8 Å². The number of carbonyl (C=O) groups excluding carboxylic acids is 1. The maximum Gasteiger partial charge on any atom is 0.278 e. The molecule has 2 aromatic heterocycles. The molecule has 0 spiro atoms. The van der Waals surface area contributed by atoms with Crippen molar-refractivity contribution >= 4 is 50.3 Å². The lowest BCUT2D eigenvalue weighted by Gasteiger charge is -2.13. The van der Waals surface area contributed by atoms with Gasteiger partial charge in [0.25, 0.3) is 5.56 Å². The predicted octanol–water partition coefficient (Wildman–Crippen LogP) is 4.57. The monoisotopic (exact) mass is 462 g/mol. The zero-order valence-electron chi connectivity index (χ0n) is 16.1. The largest absolute Gasteiger partial charge is 0.353 e. The average molecular weight is 463 g/mol. The van der Waals surface area contributed by atoms with Crippen molar-refractivity contribution in [2.24, 2.45) is 5.92 Å². The lowest BCUT2D eigenvalue weighted by Crippen LogP contribution is -2.25. The number of benzene rings is 1. The van der Waals surface area contributed by atoms with Crippen LogP contribution in [0.15, 0.2) is 44.8 Å². The Bertz CT molecular complexity index is 1060. The number of halogens is 1. The van der Waals surface area contributed by atoms with Crippen LogP contribution in [0.25, 0.3) is 11.0 Å². The summed E-state index contributed by atoms with van der Waals surface area (Å²) >= 11 is 4.67. The van der Waals surface area contributed by atoms with Crippen molar-refractivity contribution in [3.63, 3.8) is 0 Å². The van der Waals surface area contributed by atoms with Gasteiger partial charge in [0.2, 0.25) is 5.91 Å². The lowest BCUT2D eigenvalue weighted by molar-refractivity contribution is -0.113. The summed E-state index contributed by atoms with van der Waals surface area (Å²) in [5, 5.41) is 3.44. The molecule has 3 aromatic rings. The van der Waals surface area contributed by atoms with Crippen LogP contribution in [0.2, 0.25) is 0 Å². The number of amides is 1. The molecule has 148 valence electrons. The maximum absolute atomic E-state index is 12.9. The molecule has 1 aromatic carbocycles. The first-order valence-corrected chi connectivity index (χ1v) is 10.9. The molecule has 0 aliphatic carbocycles. The summed E-state index contributed by atoms with van der Waals surface area (Å²) in [5.41, 5.74) is 2.68. The van der Waals surface area contributed by atoms with Crippen LogP contribution >= 0.6 is 27.7 Å². The van der Waals surface area contributed by atoms with Crippen LogP contribution in [-0.4, -0.2) is 26.2 Å². The smallest absolute Gasteiger partial charge is 0.278 e. The number of anilines is 1. The van der Waals surface area contributed by atoms with Crippen molar-refractivity contribution in [2.75, 3.05) is 11.1 Å². The lowest BCUT2D eigenvalue weighted by atomic mass is 10.1. The number of aryl methyl sites for hydroxylation is 1. The standard InChI is InChI=1S/C20H23BrN4O2S/c1-12(2)7-8-25-19(27)18-16(9-13(3)22-18)24-20(25)28-11-17(26)23-15-6-4-5-14(21)10-15/h4-6,9-10,12,22H,7-8,11H2,1-3H3,(H,23,26). The number of hydrogen-bond acceptors (Lipinski definition) is 4. The minimum absolute atomic E-state index is 0.0892. The van der Waals surface area contributed by atoms with E-state index in [1.807, 2.05) is 37.3 Å². The fourth-order valence-corrected chi connectivity index (χ4v) is 4.02. The summed E-state index contributed by atoms with van der Waals surface area (Å²) in [6, 6.07) is 9.29. The Morgan fingerprint density at radius 2 is 2.14 bits per heavy atom. The Labute approximate surface area is 176 Å². The quantitative estimate of drug-likeness (QED) is 0.397. The van der Waals surface area contributed by atoms with E-state index >= 15 is 0 Å². The van der Waals surface area contributed by atoms with E-state index in [1.54, 1.807) is 4.57 Å². The molecule has 0 bridgehead atoms. The van der Waals surface area contributed by atoms with Gasteiger partial charge in [-0.2, -0.15) is 0 Å². The summed E-state index contributed by atoms with van der Waals surface area (Å²) in [4.78, 5) is 33.0. The van der Waals surface area contributed by atoms with Crippen molar-refractivity contribution in [1.82, 2.24) is 14.5 Å². The van der Waals surface area contributed by atoms with E-state index in [0.29, 0.717) is 28.7 Å². The van der Waals surface area contributed by atoms with E-state index in [0.717, 1.165) is 22.3 Å². The zero-order valence-corrected chi connectivity index (χ0v) is 18.5. The number of thioether (sulfide) groups is 1. The number of aromatic nitrogens is 3. The molecule has 0 radical (unpaired) electrons. The second-order valence-corrected chi connectivity index (χ2v) is 8.95. The summed E-state index contributed by atoms with van der Waals surface area (Å²) in [6.45, 7) is 6.72. The third kappa shape index (κ3) is 5.05. The number of hydrogen-bond donors (Lipinski definition) is 2. The Morgan fingerprint density at radius 3 is 2.86 bits per heavy atom. The first-order chi connectivity index (χ1) is 13.3. The second-order valence-electron chi connectivity index (χ2n) is 7.09. The van der Waals surface area contributed by atoms with Crippen molar-refractivity contribution in [3.05, 3.63) is 50.9 Å². The van der Waals surface area contributed by atoms with Gasteiger partial charge in [0.05, 0.1) is 11.3 Å². The summed E-state index contributed by atoms with van der Waals surface area (Å²) in [7, 11) is 0. The molecular weight excluding hydrogens is 440 g/mol. The predicted molar refractivity (Wildman–Crippen MR) is 118 cm³/mol. The summed E-state index contributed by atoms with van der Waals surface area (Å²) < 4.78 is 2.57. The normalized spacial score (nSPS) is 11.3. The molecule has 8 heteroatoms. The van der Waals surface area contributed by atoms with Gasteiger partial charge in [0.1, 0.15) is 5.52 Å². The minimum Gasteiger partial charge on any atom is -0.353 e. The Kier molecular flexibility index (Phi) is 6.61. The number of fused-ring (bicyclic) bond motifs is 1. The van der Waals surface area contributed by atoms with Crippen LogP contribution in [0.5, 0.6) is 0 Å². The van der Waals surface area contributed by atoms with E-state index in [9.17, 15) is 9.59 Å². The van der Waals surface area contributed by atoms with Gasteiger partial charge in [0, 0.05) is 22.4 Å². The molecule has 1 amide bonds. The van der Waals surface area contributed by atoms with Gasteiger partial charge in [-0.1, -0.05) is 47.6 Å². The first-order valence-electron chi connectivity index (χ1n) is 9.12. The van der Waals surface area contributed by atoms with E-state index < -0.39 is 0 Å². The highest BCUT2D eigenvalue weighted by molar-refractivity contribution is 9.10. The third-order valence-corrected chi connectivity index (χ3v) is 5.68. The molecule has 0 aliphatic heterocycles. The molecule has 0 fully saturated rings. The van der Waals surface area contributed by atoms with Crippen LogP contribution in [0.1, 0.15) is 26.0 Å². The SMILES string of the molecule is Cc1cc2nc(SCC(=O)Nc3cccc(Br)c3)n(CCC(C)C)c(=O)c2[nH]1. The second kappa shape index (κ2) is 8.96. The van der Waals surface area contributed by atoms with E-state index in [4.69, 9.17) is 0 Å². The van der Waals surface area contributed by atoms with Gasteiger partial charge in [-0.15, -0.1) is 0 Å². The number of aromatic amines is 1. The van der Waals surface area contributed by atoms with Gasteiger partial charge in [-0.05, 0) is 43.5 Å². The maximum atomic E-state index is 12.9. The molecule has 2 heterocycles. The van der Waals surface area contributed by atoms with Gasteiger partial charge in [0.15, 0.2) is 5.16 Å². The van der Waals surface area contributed by atoms with Gasteiger partial charge in [-0.3, -0.25) is 14.2 Å². The van der Waals surface area contributed by atoms with Crippen LogP contribution in [0.3, 0.4) is 0 Å². The van der Waals surface area contributed by atoms with Crippen LogP contribution in [-0.2, 0) is 11.3 Å². The number of rotatable bonds is 7. The number of H-pyrrole nitrogens is 1. The van der Waals surface area contributed by atoms with Crippen LogP contribution in [0, 0.1) is 12.8 Å². The summed E-state index contributed by atoms with van der Waals surface area (Å²) in [6.07, 6.45) is 0.866. The zero-order chi connectivity index (χ0) is 20.3. The first kappa shape index (κ1) is 20.7. The molecule has 0 saturated heterocycles. The Balaban J connectivity index is 1.81. The van der Waals surface area contributed by atoms with E-state index in [1.165, 1.54) is 11.8 Å². The van der Waals surface area contributed by atoms with Gasteiger partial charge in [-0.25, -0.2) is 4.98 Å². The Morgan fingerprint density at radius 1 is 1.36 bits per heavy atom. The molecular formula is C20H23BrN4O2S. The summed E-state index contributed by atoms with van der Waals surface area (Å²) in [5.74, 6) is 0.499. The molecule has 2 N–H and O–H groups in total. The van der Waals surface area contributed by atoms with Crippen LogP contribution in [0.4, 0.5) is 5.69 Å². The molecule has 0 aliphatic rings. The molecule has 0 saturated carbocycles. The average Bonchev–Trinajstić information content (AvgIpc) is 3.00. The highest BCUT2D eigenvalue weighted by Gasteiger charge is 2.15. The van der Waals surface area contributed by atoms with Crippen molar-refractivity contribution in [1.29, 1.82) is 0 Å². The fraction of sp³-hybridized carbons (Fsp3) is 0.350. The van der Waals surface area contributed by atoms with Crippen molar-refractivity contribution in [2.45, 2.75) is 38.9 Å². The highest BCUT2D eigenvalue weighted by Crippen LogP contribution is 2.21. The van der Waals surface area contributed by atoms with Crippen LogP contribution < -0.4 is 10.9 Å². The van der Waals surface area contributed by atoms with Crippen molar-refractivity contribution < 1.29 is 4.79 Å². The van der Waals surface area contributed by atoms with Crippen molar-refractivity contribution in [3.8, 4) is 0 Å². The number of carbonyl (C=O) groups is 1. The molecule has 28 heavy (non-hydrogen) atoms. The highest BCUT2D eigenvalue weighted by atomic mass is 79.9. The third-order valence-electron chi connectivity index (χ3n) is 4.21. The minimum atomic E-state index is -0.141. The molecule has 0 atom stereocenters. The molecule has 6 nitrogen and oxygen atoms in total. The van der Waals surface area contributed by atoms with Gasteiger partial charge < -0.3 is 10.3 Å². The van der Waals surface area contributed by atoms with E-state index in [-0.39, 0.29) is 17.2 Å². The van der Waals surface area contributed by atoms with Gasteiger partial charge >= 0.3 is 0 Å². The molecule has 0 unspecified atom stereocenters. The molecule has 3 rings (SSSR count). The fourth-order valence-electron chi connectivity index (χ4n) is 2.80. The van der Waals surface area contributed by atoms with E-state index in [2.05, 4.69) is 45.1 Å². The number of nitrogens with one attached hydrogen (secondary N) is 2. The Hall–Kier alpha value is -2.06. The number of nitrogens with zero attached hydrogens (tertiary/aromatic N) is 2.